The summed E-state index contributed by atoms with van der Waals surface area (Å²) in [6, 6.07) is 5.78. The fourth-order valence-corrected chi connectivity index (χ4v) is 1.72. The van der Waals surface area contributed by atoms with Gasteiger partial charge >= 0.3 is 0 Å². The Morgan fingerprint density at radius 2 is 2.31 bits per heavy atom. The van der Waals surface area contributed by atoms with Crippen LogP contribution in [0.5, 0.6) is 5.75 Å². The number of benzene rings is 1. The van der Waals surface area contributed by atoms with Gasteiger partial charge < -0.3 is 9.94 Å². The zero-order valence-corrected chi connectivity index (χ0v) is 8.52. The second-order valence-corrected chi connectivity index (χ2v) is 3.36. The van der Waals surface area contributed by atoms with Crippen LogP contribution in [-0.4, -0.2) is 18.6 Å². The largest absolute Gasteiger partial charge is 0.497 e. The molecule has 0 saturated carbocycles. The van der Waals surface area contributed by atoms with Gasteiger partial charge in [0.25, 0.3) is 0 Å². The number of hydrogen-bond acceptors (Lipinski definition) is 4. The SMILES string of the molecule is COc1ccc(CNO)c(SC)c1. The van der Waals surface area contributed by atoms with Crippen molar-refractivity contribution in [2.75, 3.05) is 13.4 Å². The fourth-order valence-electron chi connectivity index (χ4n) is 1.08. The van der Waals surface area contributed by atoms with Crippen LogP contribution in [0.15, 0.2) is 23.1 Å². The van der Waals surface area contributed by atoms with Gasteiger partial charge in [0.05, 0.1) is 7.11 Å². The van der Waals surface area contributed by atoms with Gasteiger partial charge in [0.2, 0.25) is 0 Å². The Kier molecular flexibility index (Phi) is 4.08. The Hall–Kier alpha value is -0.710. The number of hydroxylamine groups is 1. The van der Waals surface area contributed by atoms with Crippen LogP contribution in [0.1, 0.15) is 5.56 Å². The van der Waals surface area contributed by atoms with Crippen LogP contribution < -0.4 is 10.2 Å². The quantitative estimate of drug-likeness (QED) is 0.574. The van der Waals surface area contributed by atoms with Crippen molar-refractivity contribution in [3.63, 3.8) is 0 Å². The van der Waals surface area contributed by atoms with Crippen LogP contribution in [0.3, 0.4) is 0 Å². The number of rotatable bonds is 4. The van der Waals surface area contributed by atoms with E-state index in [-0.39, 0.29) is 0 Å². The minimum atomic E-state index is 0.458. The van der Waals surface area contributed by atoms with Crippen molar-refractivity contribution in [3.05, 3.63) is 23.8 Å². The van der Waals surface area contributed by atoms with Crippen LogP contribution in [0.25, 0.3) is 0 Å². The van der Waals surface area contributed by atoms with Crippen LogP contribution >= 0.6 is 11.8 Å². The van der Waals surface area contributed by atoms with Gasteiger partial charge in [-0.05, 0) is 24.0 Å². The van der Waals surface area contributed by atoms with Crippen molar-refractivity contribution in [2.24, 2.45) is 0 Å². The molecule has 1 rings (SSSR count). The van der Waals surface area contributed by atoms with Crippen molar-refractivity contribution < 1.29 is 9.94 Å². The maximum absolute atomic E-state index is 8.58. The van der Waals surface area contributed by atoms with E-state index in [9.17, 15) is 0 Å². The normalized spacial score (nSPS) is 10.1. The second-order valence-electron chi connectivity index (χ2n) is 2.51. The summed E-state index contributed by atoms with van der Waals surface area (Å²) in [6.07, 6.45) is 2.00. The van der Waals surface area contributed by atoms with Gasteiger partial charge in [-0.3, -0.25) is 0 Å². The molecule has 0 bridgehead atoms. The highest BCUT2D eigenvalue weighted by Gasteiger charge is 2.02. The fraction of sp³-hybridized carbons (Fsp3) is 0.333. The van der Waals surface area contributed by atoms with Crippen LogP contribution in [0, 0.1) is 0 Å². The van der Waals surface area contributed by atoms with E-state index in [0.29, 0.717) is 6.54 Å². The van der Waals surface area contributed by atoms with Crippen LogP contribution in [-0.2, 0) is 6.54 Å². The highest BCUT2D eigenvalue weighted by atomic mass is 32.2. The summed E-state index contributed by atoms with van der Waals surface area (Å²) in [5, 5.41) is 8.58. The lowest BCUT2D eigenvalue weighted by molar-refractivity contribution is 0.160. The van der Waals surface area contributed by atoms with E-state index < -0.39 is 0 Å². The number of thioether (sulfide) groups is 1. The Balaban J connectivity index is 2.93. The third kappa shape index (κ3) is 2.62. The van der Waals surface area contributed by atoms with E-state index >= 15 is 0 Å². The summed E-state index contributed by atoms with van der Waals surface area (Å²) >= 11 is 1.63. The average molecular weight is 199 g/mol. The van der Waals surface area contributed by atoms with E-state index in [1.54, 1.807) is 18.9 Å². The lowest BCUT2D eigenvalue weighted by Crippen LogP contribution is -2.07. The maximum atomic E-state index is 8.58. The van der Waals surface area contributed by atoms with Crippen molar-refractivity contribution >= 4 is 11.8 Å². The number of hydrogen-bond donors (Lipinski definition) is 2. The van der Waals surface area contributed by atoms with Crippen LogP contribution in [0.2, 0.25) is 0 Å². The summed E-state index contributed by atoms with van der Waals surface area (Å²) in [7, 11) is 1.64. The molecule has 2 N–H and O–H groups in total. The number of nitrogens with one attached hydrogen (secondary N) is 1. The van der Waals surface area contributed by atoms with Gasteiger partial charge in [-0.25, -0.2) is 5.48 Å². The van der Waals surface area contributed by atoms with Crippen molar-refractivity contribution in [1.29, 1.82) is 0 Å². The lowest BCUT2D eigenvalue weighted by Gasteiger charge is -2.08. The summed E-state index contributed by atoms with van der Waals surface area (Å²) in [4.78, 5) is 1.11. The van der Waals surface area contributed by atoms with Gasteiger partial charge in [0.15, 0.2) is 0 Å². The van der Waals surface area contributed by atoms with E-state index in [0.717, 1.165) is 16.2 Å². The molecule has 0 heterocycles. The zero-order valence-electron chi connectivity index (χ0n) is 7.70. The Bertz CT molecular complexity index is 278. The molecule has 13 heavy (non-hydrogen) atoms. The Morgan fingerprint density at radius 1 is 1.54 bits per heavy atom. The molecule has 0 aromatic heterocycles. The third-order valence-electron chi connectivity index (χ3n) is 1.76. The molecule has 72 valence electrons. The molecule has 0 atom stereocenters. The first kappa shape index (κ1) is 10.4. The second kappa shape index (κ2) is 5.11. The highest BCUT2D eigenvalue weighted by Crippen LogP contribution is 2.25. The Morgan fingerprint density at radius 3 is 2.85 bits per heavy atom. The molecule has 0 amide bonds. The lowest BCUT2D eigenvalue weighted by atomic mass is 10.2. The average Bonchev–Trinajstić information content (AvgIpc) is 2.19. The minimum absolute atomic E-state index is 0.458. The van der Waals surface area contributed by atoms with E-state index in [2.05, 4.69) is 5.48 Å². The molecule has 1 aromatic rings. The number of ether oxygens (including phenoxy) is 1. The smallest absolute Gasteiger partial charge is 0.119 e. The molecule has 0 spiro atoms. The molecule has 0 aliphatic carbocycles. The van der Waals surface area contributed by atoms with E-state index in [4.69, 9.17) is 9.94 Å². The molecule has 0 aliphatic heterocycles. The molecule has 0 radical (unpaired) electrons. The topological polar surface area (TPSA) is 41.5 Å². The maximum Gasteiger partial charge on any atom is 0.119 e. The van der Waals surface area contributed by atoms with Gasteiger partial charge in [-0.2, -0.15) is 0 Å². The molecule has 0 saturated heterocycles. The zero-order chi connectivity index (χ0) is 9.68. The Labute approximate surface area is 82.1 Å². The molecule has 3 nitrogen and oxygen atoms in total. The molecule has 4 heteroatoms. The first-order valence-corrected chi connectivity index (χ1v) is 5.12. The third-order valence-corrected chi connectivity index (χ3v) is 2.58. The van der Waals surface area contributed by atoms with Gasteiger partial charge in [0, 0.05) is 11.4 Å². The predicted molar refractivity (Wildman–Crippen MR) is 53.4 cm³/mol. The molecule has 0 fully saturated rings. The van der Waals surface area contributed by atoms with Crippen molar-refractivity contribution in [2.45, 2.75) is 11.4 Å². The molecular formula is C9H13NO2S. The monoisotopic (exact) mass is 199 g/mol. The molecule has 0 unspecified atom stereocenters. The first-order valence-electron chi connectivity index (χ1n) is 3.89. The summed E-state index contributed by atoms with van der Waals surface area (Å²) in [6.45, 7) is 0.458. The van der Waals surface area contributed by atoms with E-state index in [1.165, 1.54) is 0 Å². The number of methoxy groups -OCH3 is 1. The van der Waals surface area contributed by atoms with Crippen molar-refractivity contribution in [1.82, 2.24) is 5.48 Å². The first-order chi connectivity index (χ1) is 6.31. The summed E-state index contributed by atoms with van der Waals surface area (Å²) in [5.74, 6) is 0.839. The molecule has 1 aromatic carbocycles. The van der Waals surface area contributed by atoms with Crippen molar-refractivity contribution in [3.8, 4) is 5.75 Å². The summed E-state index contributed by atoms with van der Waals surface area (Å²) < 4.78 is 5.09. The van der Waals surface area contributed by atoms with E-state index in [1.807, 2.05) is 24.5 Å². The predicted octanol–water partition coefficient (Wildman–Crippen LogP) is 1.90. The van der Waals surface area contributed by atoms with Gasteiger partial charge in [-0.15, -0.1) is 11.8 Å². The minimum Gasteiger partial charge on any atom is -0.497 e. The van der Waals surface area contributed by atoms with Gasteiger partial charge in [0.1, 0.15) is 5.75 Å². The van der Waals surface area contributed by atoms with Crippen LogP contribution in [0.4, 0.5) is 0 Å². The molecular weight excluding hydrogens is 186 g/mol. The molecule has 0 aliphatic rings. The van der Waals surface area contributed by atoms with Gasteiger partial charge in [-0.1, -0.05) is 6.07 Å². The standard InChI is InChI=1S/C9H13NO2S/c1-12-8-4-3-7(6-10-11)9(5-8)13-2/h3-5,10-11H,6H2,1-2H3. The summed E-state index contributed by atoms with van der Waals surface area (Å²) in [5.41, 5.74) is 3.21. The highest BCUT2D eigenvalue weighted by molar-refractivity contribution is 7.98.